The quantitative estimate of drug-likeness (QED) is 0.218. The highest BCUT2D eigenvalue weighted by atomic mass is 127. The van der Waals surface area contributed by atoms with Crippen LogP contribution in [-0.2, 0) is 16.4 Å². The molecule has 0 bridgehead atoms. The van der Waals surface area contributed by atoms with Gasteiger partial charge in [0.25, 0.3) is 0 Å². The molecule has 0 saturated heterocycles. The number of sulfonamides is 1. The van der Waals surface area contributed by atoms with Crippen molar-refractivity contribution in [2.75, 3.05) is 13.6 Å². The molecule has 1 unspecified atom stereocenters. The monoisotopic (exact) mass is 482 g/mol. The lowest BCUT2D eigenvalue weighted by Crippen LogP contribution is -2.42. The number of hydrogen-bond acceptors (Lipinski definition) is 3. The Labute approximate surface area is 169 Å². The molecule has 144 valence electrons. The number of hydrogen-bond donors (Lipinski definition) is 3. The molecule has 0 spiro atoms. The highest BCUT2D eigenvalue weighted by Crippen LogP contribution is 2.09. The molecule has 1 aromatic carbocycles. The van der Waals surface area contributed by atoms with Crippen molar-refractivity contribution < 1.29 is 8.42 Å². The van der Waals surface area contributed by atoms with Gasteiger partial charge in [0.05, 0.1) is 4.90 Å². The van der Waals surface area contributed by atoms with Gasteiger partial charge >= 0.3 is 0 Å². The van der Waals surface area contributed by atoms with E-state index in [1.165, 1.54) is 31.4 Å². The maximum Gasteiger partial charge on any atom is 0.238 e. The Hall–Kier alpha value is -0.870. The summed E-state index contributed by atoms with van der Waals surface area (Å²) < 4.78 is 22.4. The summed E-state index contributed by atoms with van der Waals surface area (Å²) in [6.45, 7) is 5.08. The summed E-state index contributed by atoms with van der Waals surface area (Å²) in [6.07, 6.45) is 5.61. The molecular formula is C17H31IN4O2S. The Morgan fingerprint density at radius 1 is 1.24 bits per heavy atom. The maximum absolute atomic E-state index is 11.2. The first-order valence-electron chi connectivity index (χ1n) is 8.45. The number of nitrogens with two attached hydrogens (primary N) is 1. The van der Waals surface area contributed by atoms with Crippen LogP contribution in [0.4, 0.5) is 0 Å². The van der Waals surface area contributed by atoms with Crippen LogP contribution in [0.25, 0.3) is 0 Å². The predicted octanol–water partition coefficient (Wildman–Crippen LogP) is 2.63. The van der Waals surface area contributed by atoms with Gasteiger partial charge in [0.2, 0.25) is 10.0 Å². The van der Waals surface area contributed by atoms with Crippen LogP contribution >= 0.6 is 24.0 Å². The minimum atomic E-state index is -3.63. The smallest absolute Gasteiger partial charge is 0.238 e. The molecule has 0 fully saturated rings. The van der Waals surface area contributed by atoms with Crippen LogP contribution in [0.15, 0.2) is 34.2 Å². The van der Waals surface area contributed by atoms with Gasteiger partial charge < -0.3 is 10.6 Å². The number of halogens is 1. The highest BCUT2D eigenvalue weighted by Gasteiger charge is 2.07. The van der Waals surface area contributed by atoms with Crippen molar-refractivity contribution >= 4 is 40.0 Å². The van der Waals surface area contributed by atoms with Crippen molar-refractivity contribution in [1.82, 2.24) is 10.6 Å². The molecule has 0 heterocycles. The van der Waals surface area contributed by atoms with E-state index < -0.39 is 10.0 Å². The number of benzene rings is 1. The molecule has 1 rings (SSSR count). The van der Waals surface area contributed by atoms with Crippen LogP contribution in [0.1, 0.15) is 45.1 Å². The fourth-order valence-corrected chi connectivity index (χ4v) is 2.89. The van der Waals surface area contributed by atoms with Crippen molar-refractivity contribution in [1.29, 1.82) is 0 Å². The summed E-state index contributed by atoms with van der Waals surface area (Å²) in [4.78, 5) is 4.37. The van der Waals surface area contributed by atoms with E-state index in [1.54, 1.807) is 19.2 Å². The number of nitrogens with zero attached hydrogens (tertiary/aromatic N) is 1. The molecule has 0 aromatic heterocycles. The summed E-state index contributed by atoms with van der Waals surface area (Å²) in [6, 6.07) is 7.02. The number of aliphatic imine (C=N–C) groups is 1. The fourth-order valence-electron chi connectivity index (χ4n) is 2.37. The standard InChI is InChI=1S/C17H30N4O2S.HI/c1-4-5-6-7-14(2)21-17(19-3)20-13-12-15-8-10-16(11-9-15)24(18,22)23;/h8-11,14H,4-7,12-13H2,1-3H3,(H2,18,22,23)(H2,19,20,21);1H. The fraction of sp³-hybridized carbons (Fsp3) is 0.588. The third-order valence-corrected chi connectivity index (χ3v) is 4.73. The summed E-state index contributed by atoms with van der Waals surface area (Å²) in [5.41, 5.74) is 1.04. The molecule has 0 aliphatic rings. The molecule has 0 saturated carbocycles. The van der Waals surface area contributed by atoms with Crippen molar-refractivity contribution in [2.45, 2.75) is 56.9 Å². The molecule has 25 heavy (non-hydrogen) atoms. The van der Waals surface area contributed by atoms with E-state index in [2.05, 4.69) is 29.5 Å². The molecular weight excluding hydrogens is 451 g/mol. The van der Waals surface area contributed by atoms with E-state index in [0.717, 1.165) is 30.9 Å². The number of rotatable bonds is 9. The SMILES string of the molecule is CCCCCC(C)NC(=NC)NCCc1ccc(S(N)(=O)=O)cc1.I. The number of guanidine groups is 1. The first kappa shape index (κ1) is 24.1. The average molecular weight is 482 g/mol. The van der Waals surface area contributed by atoms with Crippen molar-refractivity contribution in [3.05, 3.63) is 29.8 Å². The van der Waals surface area contributed by atoms with Gasteiger partial charge in [0.15, 0.2) is 5.96 Å². The zero-order chi connectivity index (χ0) is 18.0. The second-order valence-corrected chi connectivity index (χ2v) is 7.54. The minimum absolute atomic E-state index is 0. The summed E-state index contributed by atoms with van der Waals surface area (Å²) in [7, 11) is -1.87. The Morgan fingerprint density at radius 3 is 2.40 bits per heavy atom. The van der Waals surface area contributed by atoms with E-state index >= 15 is 0 Å². The highest BCUT2D eigenvalue weighted by molar-refractivity contribution is 14.0. The minimum Gasteiger partial charge on any atom is -0.356 e. The topological polar surface area (TPSA) is 96.6 Å². The third-order valence-electron chi connectivity index (χ3n) is 3.81. The van der Waals surface area contributed by atoms with Gasteiger partial charge in [-0.15, -0.1) is 24.0 Å². The lowest BCUT2D eigenvalue weighted by Gasteiger charge is -2.17. The number of nitrogens with one attached hydrogen (secondary N) is 2. The average Bonchev–Trinajstić information content (AvgIpc) is 2.53. The molecule has 4 N–H and O–H groups in total. The van der Waals surface area contributed by atoms with Gasteiger partial charge in [-0.2, -0.15) is 0 Å². The first-order chi connectivity index (χ1) is 11.4. The Bertz CT molecular complexity index is 618. The van der Waals surface area contributed by atoms with Crippen LogP contribution in [0.3, 0.4) is 0 Å². The first-order valence-corrected chi connectivity index (χ1v) is 10.0. The van der Waals surface area contributed by atoms with E-state index in [4.69, 9.17) is 5.14 Å². The van der Waals surface area contributed by atoms with Crippen LogP contribution in [0.5, 0.6) is 0 Å². The van der Waals surface area contributed by atoms with Gasteiger partial charge in [-0.3, -0.25) is 4.99 Å². The summed E-state index contributed by atoms with van der Waals surface area (Å²) in [5.74, 6) is 0.792. The Morgan fingerprint density at radius 2 is 1.88 bits per heavy atom. The number of primary sulfonamides is 1. The van der Waals surface area contributed by atoms with Crippen molar-refractivity contribution in [2.24, 2.45) is 10.1 Å². The molecule has 0 radical (unpaired) electrons. The molecule has 0 aliphatic heterocycles. The molecule has 6 nitrogen and oxygen atoms in total. The molecule has 8 heteroatoms. The largest absolute Gasteiger partial charge is 0.356 e. The van der Waals surface area contributed by atoms with Crippen molar-refractivity contribution in [3.8, 4) is 0 Å². The van der Waals surface area contributed by atoms with Crippen LogP contribution in [0, 0.1) is 0 Å². The van der Waals surface area contributed by atoms with Gasteiger partial charge in [-0.25, -0.2) is 13.6 Å². The molecule has 1 aromatic rings. The van der Waals surface area contributed by atoms with E-state index in [9.17, 15) is 8.42 Å². The van der Waals surface area contributed by atoms with Gasteiger partial charge in [0, 0.05) is 19.6 Å². The van der Waals surface area contributed by atoms with Gasteiger partial charge in [-0.05, 0) is 37.5 Å². The Kier molecular flexibility index (Phi) is 12.0. The van der Waals surface area contributed by atoms with Gasteiger partial charge in [-0.1, -0.05) is 38.3 Å². The van der Waals surface area contributed by atoms with Crippen LogP contribution in [0.2, 0.25) is 0 Å². The zero-order valence-corrected chi connectivity index (χ0v) is 18.4. The lowest BCUT2D eigenvalue weighted by atomic mass is 10.1. The van der Waals surface area contributed by atoms with Crippen molar-refractivity contribution in [3.63, 3.8) is 0 Å². The summed E-state index contributed by atoms with van der Waals surface area (Å²) in [5, 5.41) is 11.8. The van der Waals surface area contributed by atoms with Crippen LogP contribution < -0.4 is 15.8 Å². The second kappa shape index (κ2) is 12.5. The maximum atomic E-state index is 11.2. The molecule has 0 amide bonds. The van der Waals surface area contributed by atoms with Crippen LogP contribution in [-0.4, -0.2) is 34.0 Å². The Balaban J connectivity index is 0.00000576. The molecule has 1 atom stereocenters. The van der Waals surface area contributed by atoms with E-state index in [-0.39, 0.29) is 28.9 Å². The number of unbranched alkanes of at least 4 members (excludes halogenated alkanes) is 2. The zero-order valence-electron chi connectivity index (χ0n) is 15.3. The summed E-state index contributed by atoms with van der Waals surface area (Å²) >= 11 is 0. The van der Waals surface area contributed by atoms with E-state index in [0.29, 0.717) is 6.04 Å². The third kappa shape index (κ3) is 10.0. The second-order valence-electron chi connectivity index (χ2n) is 5.98. The predicted molar refractivity (Wildman–Crippen MR) is 115 cm³/mol. The van der Waals surface area contributed by atoms with Gasteiger partial charge in [0.1, 0.15) is 0 Å². The normalized spacial score (nSPS) is 13.0. The lowest BCUT2D eigenvalue weighted by molar-refractivity contribution is 0.547. The molecule has 0 aliphatic carbocycles. The van der Waals surface area contributed by atoms with E-state index in [1.807, 2.05) is 0 Å².